The average Bonchev–Trinajstić information content (AvgIpc) is 2.52. The molecule has 1 saturated carbocycles. The summed E-state index contributed by atoms with van der Waals surface area (Å²) in [7, 11) is 0. The Morgan fingerprint density at radius 1 is 1.04 bits per heavy atom. The number of benzene rings is 1. The first kappa shape index (κ1) is 15.8. The fraction of sp³-hybridized carbons (Fsp3) is 0.556. The number of nitrogens with zero attached hydrogens (tertiary/aromatic N) is 2. The standard InChI is InChI=1S/C18H24N2O3/c1-14-5-7-16(8-6-14)23-13-17(21)19-9-11-20(12-10-19)18(22)15-3-2-4-15/h5-8,15H,2-4,9-13H2,1H3. The highest BCUT2D eigenvalue weighted by Crippen LogP contribution is 2.28. The number of carbonyl (C=O) groups excluding carboxylic acids is 2. The molecule has 5 nitrogen and oxygen atoms in total. The lowest BCUT2D eigenvalue weighted by Gasteiger charge is -2.38. The Morgan fingerprint density at radius 2 is 1.65 bits per heavy atom. The molecule has 0 N–H and O–H groups in total. The molecule has 124 valence electrons. The number of ether oxygens (including phenoxy) is 1. The van der Waals surface area contributed by atoms with Gasteiger partial charge in [-0.15, -0.1) is 0 Å². The number of piperazine rings is 1. The molecule has 2 amide bonds. The lowest BCUT2D eigenvalue weighted by molar-refractivity contribution is -0.144. The molecule has 1 aromatic rings. The van der Waals surface area contributed by atoms with Gasteiger partial charge in [0.2, 0.25) is 5.91 Å². The molecular weight excluding hydrogens is 292 g/mol. The fourth-order valence-corrected chi connectivity index (χ4v) is 2.96. The van der Waals surface area contributed by atoms with Crippen LogP contribution < -0.4 is 4.74 Å². The lowest BCUT2D eigenvalue weighted by atomic mass is 9.84. The van der Waals surface area contributed by atoms with Gasteiger partial charge in [0.15, 0.2) is 6.61 Å². The number of carbonyl (C=O) groups is 2. The minimum absolute atomic E-state index is 0.0127. The molecular formula is C18H24N2O3. The van der Waals surface area contributed by atoms with Gasteiger partial charge in [0.1, 0.15) is 5.75 Å². The normalized spacial score (nSPS) is 18.5. The molecule has 0 bridgehead atoms. The van der Waals surface area contributed by atoms with E-state index < -0.39 is 0 Å². The van der Waals surface area contributed by atoms with Crippen LogP contribution >= 0.6 is 0 Å². The highest BCUT2D eigenvalue weighted by atomic mass is 16.5. The third kappa shape index (κ3) is 3.84. The average molecular weight is 316 g/mol. The molecule has 1 saturated heterocycles. The molecule has 1 aliphatic heterocycles. The molecule has 2 fully saturated rings. The molecule has 0 radical (unpaired) electrons. The molecule has 0 spiro atoms. The predicted molar refractivity (Wildman–Crippen MR) is 87.2 cm³/mol. The number of rotatable bonds is 4. The Balaban J connectivity index is 1.42. The van der Waals surface area contributed by atoms with E-state index in [0.29, 0.717) is 31.9 Å². The highest BCUT2D eigenvalue weighted by molar-refractivity contribution is 5.81. The van der Waals surface area contributed by atoms with E-state index in [-0.39, 0.29) is 24.3 Å². The van der Waals surface area contributed by atoms with Crippen molar-refractivity contribution < 1.29 is 14.3 Å². The minimum atomic E-state index is -0.0127. The third-order valence-electron chi connectivity index (χ3n) is 4.78. The SMILES string of the molecule is Cc1ccc(OCC(=O)N2CCN(C(=O)C3CCC3)CC2)cc1. The smallest absolute Gasteiger partial charge is 0.260 e. The molecule has 0 aromatic heterocycles. The first-order valence-corrected chi connectivity index (χ1v) is 8.39. The van der Waals surface area contributed by atoms with E-state index in [0.717, 1.165) is 18.4 Å². The molecule has 23 heavy (non-hydrogen) atoms. The van der Waals surface area contributed by atoms with Gasteiger partial charge >= 0.3 is 0 Å². The first-order chi connectivity index (χ1) is 11.1. The predicted octanol–water partition coefficient (Wildman–Crippen LogP) is 1.84. The van der Waals surface area contributed by atoms with Gasteiger partial charge in [0, 0.05) is 32.1 Å². The summed E-state index contributed by atoms with van der Waals surface area (Å²) in [6.07, 6.45) is 3.23. The van der Waals surface area contributed by atoms with E-state index in [2.05, 4.69) is 0 Å². The van der Waals surface area contributed by atoms with E-state index in [9.17, 15) is 9.59 Å². The van der Waals surface area contributed by atoms with Crippen LogP contribution in [0.4, 0.5) is 0 Å². The summed E-state index contributed by atoms with van der Waals surface area (Å²) in [5, 5.41) is 0. The van der Waals surface area contributed by atoms with Crippen molar-refractivity contribution in [3.8, 4) is 5.75 Å². The van der Waals surface area contributed by atoms with Crippen molar-refractivity contribution in [3.05, 3.63) is 29.8 Å². The Kier molecular flexibility index (Phi) is 4.84. The Labute approximate surface area is 137 Å². The van der Waals surface area contributed by atoms with Gasteiger partial charge in [0.05, 0.1) is 0 Å². The van der Waals surface area contributed by atoms with Crippen molar-refractivity contribution in [2.75, 3.05) is 32.8 Å². The molecule has 1 aliphatic carbocycles. The van der Waals surface area contributed by atoms with Crippen LogP contribution in [0.3, 0.4) is 0 Å². The van der Waals surface area contributed by atoms with Crippen molar-refractivity contribution in [1.29, 1.82) is 0 Å². The van der Waals surface area contributed by atoms with Crippen molar-refractivity contribution in [1.82, 2.24) is 9.80 Å². The second kappa shape index (κ2) is 7.02. The van der Waals surface area contributed by atoms with E-state index in [1.54, 1.807) is 4.90 Å². The second-order valence-corrected chi connectivity index (χ2v) is 6.44. The van der Waals surface area contributed by atoms with Gasteiger partial charge in [-0.1, -0.05) is 24.1 Å². The summed E-state index contributed by atoms with van der Waals surface area (Å²) in [5.74, 6) is 1.21. The van der Waals surface area contributed by atoms with Crippen LogP contribution in [0.15, 0.2) is 24.3 Å². The molecule has 1 heterocycles. The first-order valence-electron chi connectivity index (χ1n) is 8.39. The van der Waals surface area contributed by atoms with Crippen LogP contribution in [0.1, 0.15) is 24.8 Å². The zero-order valence-corrected chi connectivity index (χ0v) is 13.7. The van der Waals surface area contributed by atoms with Crippen molar-refractivity contribution in [3.63, 3.8) is 0 Å². The third-order valence-corrected chi connectivity index (χ3v) is 4.78. The number of amides is 2. The highest BCUT2D eigenvalue weighted by Gasteiger charge is 2.31. The van der Waals surface area contributed by atoms with Crippen LogP contribution in [0, 0.1) is 12.8 Å². The number of aryl methyl sites for hydroxylation is 1. The van der Waals surface area contributed by atoms with Crippen LogP contribution in [-0.4, -0.2) is 54.4 Å². The van der Waals surface area contributed by atoms with Gasteiger partial charge in [-0.3, -0.25) is 9.59 Å². The van der Waals surface area contributed by atoms with Gasteiger partial charge in [-0.05, 0) is 31.9 Å². The summed E-state index contributed by atoms with van der Waals surface area (Å²) in [5.41, 5.74) is 1.16. The summed E-state index contributed by atoms with van der Waals surface area (Å²) < 4.78 is 5.54. The number of hydrogen-bond acceptors (Lipinski definition) is 3. The molecule has 2 aliphatic rings. The van der Waals surface area contributed by atoms with Crippen molar-refractivity contribution >= 4 is 11.8 Å². The largest absolute Gasteiger partial charge is 0.484 e. The van der Waals surface area contributed by atoms with Gasteiger partial charge < -0.3 is 14.5 Å². The topological polar surface area (TPSA) is 49.9 Å². The van der Waals surface area contributed by atoms with Crippen molar-refractivity contribution in [2.24, 2.45) is 5.92 Å². The maximum atomic E-state index is 12.2. The second-order valence-electron chi connectivity index (χ2n) is 6.44. The molecule has 0 unspecified atom stereocenters. The van der Waals surface area contributed by atoms with E-state index >= 15 is 0 Å². The van der Waals surface area contributed by atoms with Crippen LogP contribution in [0.2, 0.25) is 0 Å². The van der Waals surface area contributed by atoms with E-state index in [1.807, 2.05) is 36.1 Å². The van der Waals surface area contributed by atoms with Gasteiger partial charge in [-0.25, -0.2) is 0 Å². The fourth-order valence-electron chi connectivity index (χ4n) is 2.96. The Morgan fingerprint density at radius 3 is 2.22 bits per heavy atom. The molecule has 3 rings (SSSR count). The Bertz CT molecular complexity index is 558. The summed E-state index contributed by atoms with van der Waals surface area (Å²) in [4.78, 5) is 28.1. The maximum absolute atomic E-state index is 12.2. The molecule has 0 atom stereocenters. The Hall–Kier alpha value is -2.04. The minimum Gasteiger partial charge on any atom is -0.484 e. The molecule has 5 heteroatoms. The monoisotopic (exact) mass is 316 g/mol. The quantitative estimate of drug-likeness (QED) is 0.852. The van der Waals surface area contributed by atoms with E-state index in [1.165, 1.54) is 6.42 Å². The van der Waals surface area contributed by atoms with Crippen LogP contribution in [0.5, 0.6) is 5.75 Å². The summed E-state index contributed by atoms with van der Waals surface area (Å²) in [6, 6.07) is 7.67. The maximum Gasteiger partial charge on any atom is 0.260 e. The molecule has 1 aromatic carbocycles. The lowest BCUT2D eigenvalue weighted by Crippen LogP contribution is -2.53. The summed E-state index contributed by atoms with van der Waals surface area (Å²) in [6.45, 7) is 4.57. The van der Waals surface area contributed by atoms with E-state index in [4.69, 9.17) is 4.74 Å². The zero-order chi connectivity index (χ0) is 16.2. The van der Waals surface area contributed by atoms with Crippen LogP contribution in [-0.2, 0) is 9.59 Å². The van der Waals surface area contributed by atoms with Gasteiger partial charge in [0.25, 0.3) is 5.91 Å². The number of hydrogen-bond donors (Lipinski definition) is 0. The summed E-state index contributed by atoms with van der Waals surface area (Å²) >= 11 is 0. The van der Waals surface area contributed by atoms with Crippen LogP contribution in [0.25, 0.3) is 0 Å². The van der Waals surface area contributed by atoms with Gasteiger partial charge in [-0.2, -0.15) is 0 Å². The van der Waals surface area contributed by atoms with Crippen molar-refractivity contribution in [2.45, 2.75) is 26.2 Å². The zero-order valence-electron chi connectivity index (χ0n) is 13.7.